The number of benzene rings is 2. The van der Waals surface area contributed by atoms with Gasteiger partial charge in [-0.3, -0.25) is 0 Å². The zero-order valence-corrected chi connectivity index (χ0v) is 15.0. The fourth-order valence-electron chi connectivity index (χ4n) is 2.78. The van der Waals surface area contributed by atoms with E-state index < -0.39 is 0 Å². The third kappa shape index (κ3) is 5.02. The highest BCUT2D eigenvalue weighted by molar-refractivity contribution is 5.44. The van der Waals surface area contributed by atoms with Gasteiger partial charge >= 0.3 is 0 Å². The summed E-state index contributed by atoms with van der Waals surface area (Å²) in [6, 6.07) is 18.9. The molecule has 1 atom stereocenters. The number of halogens is 1. The minimum absolute atomic E-state index is 0.144. The van der Waals surface area contributed by atoms with Crippen LogP contribution in [0.3, 0.4) is 0 Å². The molecule has 0 bridgehead atoms. The summed E-state index contributed by atoms with van der Waals surface area (Å²) in [5.74, 6) is 1.14. The van der Waals surface area contributed by atoms with Crippen LogP contribution >= 0.6 is 0 Å². The van der Waals surface area contributed by atoms with Crippen molar-refractivity contribution in [1.82, 2.24) is 9.97 Å². The van der Waals surface area contributed by atoms with Crippen LogP contribution in [0.1, 0.15) is 29.8 Å². The van der Waals surface area contributed by atoms with Crippen LogP contribution in [0.5, 0.6) is 0 Å². The zero-order valence-electron chi connectivity index (χ0n) is 15.0. The Hall–Kier alpha value is -2.95. The molecule has 1 heterocycles. The van der Waals surface area contributed by atoms with Crippen molar-refractivity contribution in [1.29, 1.82) is 0 Å². The van der Waals surface area contributed by atoms with Gasteiger partial charge in [0.25, 0.3) is 0 Å². The molecule has 0 saturated heterocycles. The second kappa shape index (κ2) is 8.43. The maximum atomic E-state index is 13.2. The SMILES string of the molecule is Cc1cc(NC(C)c2ccccc2)nc(NCCc2cccc(F)c2)n1. The van der Waals surface area contributed by atoms with E-state index in [0.717, 1.165) is 17.1 Å². The lowest BCUT2D eigenvalue weighted by atomic mass is 10.1. The molecule has 0 spiro atoms. The molecule has 0 aliphatic heterocycles. The van der Waals surface area contributed by atoms with E-state index in [9.17, 15) is 4.39 Å². The van der Waals surface area contributed by atoms with Gasteiger partial charge in [-0.25, -0.2) is 9.37 Å². The Balaban J connectivity index is 1.62. The lowest BCUT2D eigenvalue weighted by molar-refractivity contribution is 0.625. The lowest BCUT2D eigenvalue weighted by Gasteiger charge is -2.16. The molecule has 1 unspecified atom stereocenters. The number of hydrogen-bond acceptors (Lipinski definition) is 4. The Labute approximate surface area is 153 Å². The molecule has 3 aromatic rings. The monoisotopic (exact) mass is 350 g/mol. The summed E-state index contributed by atoms with van der Waals surface area (Å²) in [5, 5.41) is 6.64. The number of nitrogens with zero attached hydrogens (tertiary/aromatic N) is 2. The highest BCUT2D eigenvalue weighted by atomic mass is 19.1. The van der Waals surface area contributed by atoms with Crippen molar-refractivity contribution in [3.63, 3.8) is 0 Å². The van der Waals surface area contributed by atoms with Crippen LogP contribution in [0, 0.1) is 12.7 Å². The molecule has 5 heteroatoms. The third-order valence-corrected chi connectivity index (χ3v) is 4.10. The second-order valence-electron chi connectivity index (χ2n) is 6.30. The van der Waals surface area contributed by atoms with Gasteiger partial charge < -0.3 is 10.6 Å². The largest absolute Gasteiger partial charge is 0.363 e. The predicted octanol–water partition coefficient (Wildman–Crippen LogP) is 4.75. The van der Waals surface area contributed by atoms with Gasteiger partial charge in [0.1, 0.15) is 11.6 Å². The Bertz CT molecular complexity index is 852. The van der Waals surface area contributed by atoms with Crippen molar-refractivity contribution in [2.45, 2.75) is 26.3 Å². The molecule has 0 fully saturated rings. The van der Waals surface area contributed by atoms with E-state index in [2.05, 4.69) is 39.7 Å². The van der Waals surface area contributed by atoms with Crippen LogP contribution in [0.15, 0.2) is 60.7 Å². The van der Waals surface area contributed by atoms with E-state index in [-0.39, 0.29) is 11.9 Å². The van der Waals surface area contributed by atoms with E-state index in [4.69, 9.17) is 0 Å². The van der Waals surface area contributed by atoms with Crippen molar-refractivity contribution in [3.05, 3.63) is 83.3 Å². The molecular formula is C21H23FN4. The van der Waals surface area contributed by atoms with Gasteiger partial charge in [-0.05, 0) is 43.5 Å². The zero-order chi connectivity index (χ0) is 18.4. The smallest absolute Gasteiger partial charge is 0.224 e. The summed E-state index contributed by atoms with van der Waals surface area (Å²) in [5.41, 5.74) is 3.03. The number of aryl methyl sites for hydroxylation is 1. The molecule has 2 aromatic carbocycles. The highest BCUT2D eigenvalue weighted by Crippen LogP contribution is 2.19. The van der Waals surface area contributed by atoms with Gasteiger partial charge in [-0.15, -0.1) is 0 Å². The van der Waals surface area contributed by atoms with Crippen molar-refractivity contribution < 1.29 is 4.39 Å². The molecule has 26 heavy (non-hydrogen) atoms. The number of nitrogens with one attached hydrogen (secondary N) is 2. The van der Waals surface area contributed by atoms with E-state index >= 15 is 0 Å². The van der Waals surface area contributed by atoms with Crippen LogP contribution < -0.4 is 10.6 Å². The molecule has 0 radical (unpaired) electrons. The average molecular weight is 350 g/mol. The average Bonchev–Trinajstić information content (AvgIpc) is 2.62. The molecule has 4 nitrogen and oxygen atoms in total. The molecule has 134 valence electrons. The first-order valence-electron chi connectivity index (χ1n) is 8.75. The molecule has 3 rings (SSSR count). The molecular weight excluding hydrogens is 327 g/mol. The van der Waals surface area contributed by atoms with Crippen molar-refractivity contribution >= 4 is 11.8 Å². The Morgan fingerprint density at radius 3 is 2.58 bits per heavy atom. The third-order valence-electron chi connectivity index (χ3n) is 4.10. The van der Waals surface area contributed by atoms with E-state index in [1.807, 2.05) is 37.3 Å². The van der Waals surface area contributed by atoms with Gasteiger partial charge in [0, 0.05) is 24.3 Å². The molecule has 1 aromatic heterocycles. The number of hydrogen-bond donors (Lipinski definition) is 2. The van der Waals surface area contributed by atoms with Gasteiger partial charge in [0.05, 0.1) is 0 Å². The summed E-state index contributed by atoms with van der Waals surface area (Å²) >= 11 is 0. The van der Waals surface area contributed by atoms with Crippen LogP contribution in [-0.4, -0.2) is 16.5 Å². The summed E-state index contributed by atoms with van der Waals surface area (Å²) in [7, 11) is 0. The molecule has 2 N–H and O–H groups in total. The van der Waals surface area contributed by atoms with Crippen molar-refractivity contribution in [3.8, 4) is 0 Å². The predicted molar refractivity (Wildman–Crippen MR) is 104 cm³/mol. The van der Waals surface area contributed by atoms with Gasteiger partial charge in [-0.1, -0.05) is 42.5 Å². The van der Waals surface area contributed by atoms with Crippen molar-refractivity contribution in [2.75, 3.05) is 17.2 Å². The van der Waals surface area contributed by atoms with Crippen LogP contribution in [0.2, 0.25) is 0 Å². The molecule has 0 aliphatic rings. The first-order valence-corrected chi connectivity index (χ1v) is 8.75. The van der Waals surface area contributed by atoms with E-state index in [1.165, 1.54) is 11.6 Å². The normalized spacial score (nSPS) is 11.8. The van der Waals surface area contributed by atoms with Crippen LogP contribution in [-0.2, 0) is 6.42 Å². The number of rotatable bonds is 7. The summed E-state index contributed by atoms with van der Waals surface area (Å²) in [6.07, 6.45) is 0.707. The van der Waals surface area contributed by atoms with Gasteiger partial charge in [-0.2, -0.15) is 4.98 Å². The lowest BCUT2D eigenvalue weighted by Crippen LogP contribution is -2.12. The Morgan fingerprint density at radius 2 is 1.81 bits per heavy atom. The minimum atomic E-state index is -0.212. The second-order valence-corrected chi connectivity index (χ2v) is 6.30. The van der Waals surface area contributed by atoms with Gasteiger partial charge in [0.2, 0.25) is 5.95 Å². The minimum Gasteiger partial charge on any atom is -0.363 e. The first kappa shape index (κ1) is 17.9. The Kier molecular flexibility index (Phi) is 5.79. The summed E-state index contributed by atoms with van der Waals surface area (Å²) < 4.78 is 13.2. The van der Waals surface area contributed by atoms with E-state index in [0.29, 0.717) is 18.9 Å². The number of anilines is 2. The molecule has 0 amide bonds. The standard InChI is InChI=1S/C21H23FN4/c1-15-13-20(25-16(2)18-8-4-3-5-9-18)26-21(24-15)23-12-11-17-7-6-10-19(22)14-17/h3-10,13-14,16H,11-12H2,1-2H3,(H2,23,24,25,26). The van der Waals surface area contributed by atoms with Gasteiger partial charge in [0.15, 0.2) is 0 Å². The van der Waals surface area contributed by atoms with Crippen LogP contribution in [0.25, 0.3) is 0 Å². The maximum absolute atomic E-state index is 13.2. The molecule has 0 saturated carbocycles. The fraction of sp³-hybridized carbons (Fsp3) is 0.238. The summed E-state index contributed by atoms with van der Waals surface area (Å²) in [6.45, 7) is 4.68. The first-order chi connectivity index (χ1) is 12.6. The molecule has 0 aliphatic carbocycles. The maximum Gasteiger partial charge on any atom is 0.224 e. The fourth-order valence-corrected chi connectivity index (χ4v) is 2.78. The van der Waals surface area contributed by atoms with E-state index in [1.54, 1.807) is 12.1 Å². The van der Waals surface area contributed by atoms with Crippen LogP contribution in [0.4, 0.5) is 16.2 Å². The number of aromatic nitrogens is 2. The Morgan fingerprint density at radius 1 is 1.00 bits per heavy atom. The highest BCUT2D eigenvalue weighted by Gasteiger charge is 2.08. The van der Waals surface area contributed by atoms with Crippen molar-refractivity contribution in [2.24, 2.45) is 0 Å². The quantitative estimate of drug-likeness (QED) is 0.645. The topological polar surface area (TPSA) is 49.8 Å². The summed E-state index contributed by atoms with van der Waals surface area (Å²) in [4.78, 5) is 8.97.